The lowest BCUT2D eigenvalue weighted by Crippen LogP contribution is -2.56. The van der Waals surface area contributed by atoms with E-state index in [-0.39, 0.29) is 37.0 Å². The molecular formula is C21H24FNO4. The molecule has 1 heterocycles. The Hall–Kier alpha value is -2.44. The van der Waals surface area contributed by atoms with Gasteiger partial charge in [-0.2, -0.15) is 0 Å². The molecule has 0 bridgehead atoms. The van der Waals surface area contributed by atoms with E-state index in [1.54, 1.807) is 35.2 Å². The van der Waals surface area contributed by atoms with Crippen molar-refractivity contribution in [2.75, 3.05) is 19.7 Å². The average molecular weight is 373 g/mol. The first kappa shape index (κ1) is 19.3. The minimum atomic E-state index is -0.898. The third kappa shape index (κ3) is 4.28. The quantitative estimate of drug-likeness (QED) is 0.748. The summed E-state index contributed by atoms with van der Waals surface area (Å²) in [5.74, 6) is -0.441. The third-order valence-corrected chi connectivity index (χ3v) is 5.36. The first-order valence-electron chi connectivity index (χ1n) is 9.01. The van der Waals surface area contributed by atoms with Crippen LogP contribution in [0, 0.1) is 11.2 Å². The summed E-state index contributed by atoms with van der Waals surface area (Å²) in [6, 6.07) is 12.6. The zero-order valence-electron chi connectivity index (χ0n) is 15.0. The first-order valence-corrected chi connectivity index (χ1v) is 9.01. The van der Waals surface area contributed by atoms with Crippen LogP contribution >= 0.6 is 0 Å². The molecule has 1 aliphatic heterocycles. The number of aliphatic hydroxyl groups excluding tert-OH is 2. The fourth-order valence-electron chi connectivity index (χ4n) is 3.69. The summed E-state index contributed by atoms with van der Waals surface area (Å²) in [4.78, 5) is 14.4. The van der Waals surface area contributed by atoms with Crippen LogP contribution in [0.1, 0.15) is 17.5 Å². The summed E-state index contributed by atoms with van der Waals surface area (Å²) >= 11 is 0. The van der Waals surface area contributed by atoms with E-state index in [4.69, 9.17) is 0 Å². The molecule has 144 valence electrons. The molecule has 1 fully saturated rings. The van der Waals surface area contributed by atoms with Gasteiger partial charge in [-0.05, 0) is 36.6 Å². The van der Waals surface area contributed by atoms with Gasteiger partial charge >= 0.3 is 0 Å². The monoisotopic (exact) mass is 373 g/mol. The van der Waals surface area contributed by atoms with Crippen LogP contribution in [0.15, 0.2) is 48.5 Å². The number of halogens is 1. The highest BCUT2D eigenvalue weighted by Crippen LogP contribution is 2.34. The Balaban J connectivity index is 1.76. The van der Waals surface area contributed by atoms with Gasteiger partial charge < -0.3 is 20.2 Å². The summed E-state index contributed by atoms with van der Waals surface area (Å²) in [5.41, 5.74) is 0.436. The molecule has 27 heavy (non-hydrogen) atoms. The molecule has 2 aromatic rings. The summed E-state index contributed by atoms with van der Waals surface area (Å²) in [6.07, 6.45) is -0.0119. The maximum absolute atomic E-state index is 13.2. The lowest BCUT2D eigenvalue weighted by molar-refractivity contribution is -0.141. The number of aliphatic hydroxyl groups is 2. The molecule has 1 amide bonds. The van der Waals surface area contributed by atoms with E-state index in [9.17, 15) is 24.5 Å². The number of hydrogen-bond acceptors (Lipinski definition) is 4. The second-order valence-corrected chi connectivity index (χ2v) is 7.25. The van der Waals surface area contributed by atoms with Gasteiger partial charge in [0.2, 0.25) is 5.91 Å². The number of nitrogens with zero attached hydrogens (tertiary/aromatic N) is 1. The van der Waals surface area contributed by atoms with Gasteiger partial charge in [-0.3, -0.25) is 4.79 Å². The fourth-order valence-corrected chi connectivity index (χ4v) is 3.69. The van der Waals surface area contributed by atoms with Gasteiger partial charge in [0.25, 0.3) is 0 Å². The van der Waals surface area contributed by atoms with E-state index >= 15 is 0 Å². The van der Waals surface area contributed by atoms with Crippen LogP contribution in [0.2, 0.25) is 0 Å². The molecule has 3 rings (SSSR count). The van der Waals surface area contributed by atoms with Crippen molar-refractivity contribution >= 4 is 5.91 Å². The number of carbonyl (C=O) groups is 1. The summed E-state index contributed by atoms with van der Waals surface area (Å²) < 4.78 is 13.2. The molecule has 3 N–H and O–H groups in total. The minimum absolute atomic E-state index is 0.0564. The Bertz CT molecular complexity index is 795. The van der Waals surface area contributed by atoms with Crippen LogP contribution in [0.5, 0.6) is 5.75 Å². The highest BCUT2D eigenvalue weighted by molar-refractivity contribution is 5.79. The standard InChI is InChI=1S/C21H24FNO4/c22-17-7-5-15(6-8-17)12-21(14-24)13-23(10-9-19(21)26)20(27)11-16-3-1-2-4-18(16)25/h1-8,19,24-26H,9-14H2/t19-,21-/m0/s1. The van der Waals surface area contributed by atoms with E-state index in [1.165, 1.54) is 18.2 Å². The molecule has 0 aromatic heterocycles. The predicted molar refractivity (Wildman–Crippen MR) is 98.6 cm³/mol. The van der Waals surface area contributed by atoms with Gasteiger partial charge in [-0.25, -0.2) is 4.39 Å². The van der Waals surface area contributed by atoms with Gasteiger partial charge in [-0.1, -0.05) is 30.3 Å². The van der Waals surface area contributed by atoms with Crippen molar-refractivity contribution in [3.8, 4) is 5.75 Å². The van der Waals surface area contributed by atoms with Crippen molar-refractivity contribution in [3.63, 3.8) is 0 Å². The maximum Gasteiger partial charge on any atom is 0.227 e. The SMILES string of the molecule is O=C(Cc1ccccc1O)N1CC[C@H](O)[C@@](CO)(Cc2ccc(F)cc2)C1. The first-order chi connectivity index (χ1) is 12.9. The smallest absolute Gasteiger partial charge is 0.227 e. The minimum Gasteiger partial charge on any atom is -0.508 e. The molecular weight excluding hydrogens is 349 g/mol. The largest absolute Gasteiger partial charge is 0.508 e. The fraction of sp³-hybridized carbons (Fsp3) is 0.381. The van der Waals surface area contributed by atoms with Crippen LogP contribution in [0.3, 0.4) is 0 Å². The van der Waals surface area contributed by atoms with E-state index in [2.05, 4.69) is 0 Å². The molecule has 0 radical (unpaired) electrons. The third-order valence-electron chi connectivity index (χ3n) is 5.36. The number of phenols is 1. The number of hydrogen-bond donors (Lipinski definition) is 3. The van der Waals surface area contributed by atoms with Crippen molar-refractivity contribution in [2.45, 2.75) is 25.4 Å². The van der Waals surface area contributed by atoms with Crippen molar-refractivity contribution in [1.82, 2.24) is 4.90 Å². The normalized spacial score (nSPS) is 22.6. The molecule has 0 spiro atoms. The molecule has 2 aromatic carbocycles. The van der Waals surface area contributed by atoms with Crippen molar-refractivity contribution < 1.29 is 24.5 Å². The van der Waals surface area contributed by atoms with Crippen LogP contribution in [0.4, 0.5) is 4.39 Å². The van der Waals surface area contributed by atoms with Crippen LogP contribution < -0.4 is 0 Å². The van der Waals surface area contributed by atoms with Gasteiger partial charge in [0.1, 0.15) is 11.6 Å². The highest BCUT2D eigenvalue weighted by Gasteiger charge is 2.43. The van der Waals surface area contributed by atoms with Crippen molar-refractivity contribution in [1.29, 1.82) is 0 Å². The van der Waals surface area contributed by atoms with E-state index in [1.807, 2.05) is 0 Å². The van der Waals surface area contributed by atoms with Gasteiger partial charge in [-0.15, -0.1) is 0 Å². The number of para-hydroxylation sites is 1. The second kappa shape index (κ2) is 8.06. The van der Waals surface area contributed by atoms with E-state index < -0.39 is 11.5 Å². The molecule has 1 saturated heterocycles. The van der Waals surface area contributed by atoms with Crippen molar-refractivity contribution in [3.05, 3.63) is 65.5 Å². The van der Waals surface area contributed by atoms with E-state index in [0.29, 0.717) is 24.9 Å². The van der Waals surface area contributed by atoms with Crippen LogP contribution in [0.25, 0.3) is 0 Å². The number of phenolic OH excluding ortho intramolecular Hbond substituents is 1. The summed E-state index contributed by atoms with van der Waals surface area (Å²) in [6.45, 7) is 0.305. The summed E-state index contributed by atoms with van der Waals surface area (Å²) in [5, 5.41) is 30.5. The number of aromatic hydroxyl groups is 1. The van der Waals surface area contributed by atoms with Gasteiger partial charge in [0.15, 0.2) is 0 Å². The highest BCUT2D eigenvalue weighted by atomic mass is 19.1. The molecule has 5 nitrogen and oxygen atoms in total. The number of amides is 1. The Morgan fingerprint density at radius 3 is 2.56 bits per heavy atom. The number of piperidine rings is 1. The number of carbonyl (C=O) groups excluding carboxylic acids is 1. The van der Waals surface area contributed by atoms with Crippen LogP contribution in [-0.2, 0) is 17.6 Å². The Morgan fingerprint density at radius 1 is 1.19 bits per heavy atom. The Labute approximate surface area is 157 Å². The zero-order chi connectivity index (χ0) is 19.4. The molecule has 2 atom stereocenters. The Morgan fingerprint density at radius 2 is 1.89 bits per heavy atom. The molecule has 6 heteroatoms. The zero-order valence-corrected chi connectivity index (χ0v) is 15.0. The lowest BCUT2D eigenvalue weighted by atomic mass is 9.73. The average Bonchev–Trinajstić information content (AvgIpc) is 2.67. The maximum atomic E-state index is 13.2. The predicted octanol–water partition coefficient (Wildman–Crippen LogP) is 1.89. The van der Waals surface area contributed by atoms with Gasteiger partial charge in [0, 0.05) is 24.1 Å². The topological polar surface area (TPSA) is 81.0 Å². The number of likely N-dealkylation sites (tertiary alicyclic amines) is 1. The molecule has 0 aliphatic carbocycles. The van der Waals surface area contributed by atoms with E-state index in [0.717, 1.165) is 5.56 Å². The second-order valence-electron chi connectivity index (χ2n) is 7.25. The number of rotatable bonds is 5. The summed E-state index contributed by atoms with van der Waals surface area (Å²) in [7, 11) is 0. The molecule has 0 saturated carbocycles. The Kier molecular flexibility index (Phi) is 5.77. The van der Waals surface area contributed by atoms with Crippen LogP contribution in [-0.4, -0.2) is 51.9 Å². The molecule has 0 unspecified atom stereocenters. The van der Waals surface area contributed by atoms with Gasteiger partial charge in [0.05, 0.1) is 19.1 Å². The van der Waals surface area contributed by atoms with Crippen molar-refractivity contribution in [2.24, 2.45) is 5.41 Å². The number of benzene rings is 2. The molecule has 1 aliphatic rings. The lowest BCUT2D eigenvalue weighted by Gasteiger charge is -2.45.